The van der Waals surface area contributed by atoms with Gasteiger partial charge in [0.15, 0.2) is 0 Å². The quantitative estimate of drug-likeness (QED) is 0.851. The van der Waals surface area contributed by atoms with Crippen molar-refractivity contribution in [1.82, 2.24) is 10.3 Å². The lowest BCUT2D eigenvalue weighted by Gasteiger charge is -2.32. The molecule has 1 amide bonds. The first-order valence-corrected chi connectivity index (χ1v) is 8.83. The minimum Gasteiger partial charge on any atom is -0.369 e. The average Bonchev–Trinajstić information content (AvgIpc) is 3.09. The SMILES string of the molecule is NC(=O)C1CCN(c2ncccc2CNCc2cccs2)CC1. The standard InChI is InChI=1S/C17H22N4OS/c18-16(22)13-5-8-21(9-6-13)17-14(3-1-7-20-17)11-19-12-15-4-2-10-23-15/h1-4,7,10,13,19H,5-6,8-9,11-12H2,(H2,18,22). The maximum Gasteiger partial charge on any atom is 0.220 e. The number of nitrogens with two attached hydrogens (primary N) is 1. The Kier molecular flexibility index (Phi) is 5.25. The summed E-state index contributed by atoms with van der Waals surface area (Å²) in [5, 5.41) is 5.57. The third-order valence-electron chi connectivity index (χ3n) is 4.26. The van der Waals surface area contributed by atoms with Crippen LogP contribution < -0.4 is 16.0 Å². The van der Waals surface area contributed by atoms with Crippen LogP contribution in [-0.2, 0) is 17.9 Å². The Morgan fingerprint density at radius 3 is 2.83 bits per heavy atom. The van der Waals surface area contributed by atoms with Gasteiger partial charge in [0, 0.05) is 48.7 Å². The third-order valence-corrected chi connectivity index (χ3v) is 5.14. The summed E-state index contributed by atoms with van der Waals surface area (Å²) in [4.78, 5) is 19.5. The summed E-state index contributed by atoms with van der Waals surface area (Å²) < 4.78 is 0. The first-order valence-electron chi connectivity index (χ1n) is 7.95. The van der Waals surface area contributed by atoms with Gasteiger partial charge in [0.25, 0.3) is 0 Å². The van der Waals surface area contributed by atoms with E-state index in [2.05, 4.69) is 38.8 Å². The van der Waals surface area contributed by atoms with Crippen molar-refractivity contribution in [3.05, 3.63) is 46.3 Å². The molecule has 1 saturated heterocycles. The number of rotatable bonds is 6. The predicted molar refractivity (Wildman–Crippen MR) is 93.2 cm³/mol. The smallest absolute Gasteiger partial charge is 0.220 e. The molecule has 1 fully saturated rings. The highest BCUT2D eigenvalue weighted by Crippen LogP contribution is 2.24. The summed E-state index contributed by atoms with van der Waals surface area (Å²) in [5.74, 6) is 0.855. The molecule has 0 spiro atoms. The molecule has 6 heteroatoms. The van der Waals surface area contributed by atoms with E-state index in [1.165, 1.54) is 10.4 Å². The number of hydrogen-bond acceptors (Lipinski definition) is 5. The number of aromatic nitrogens is 1. The second-order valence-corrected chi connectivity index (χ2v) is 6.86. The molecule has 2 aromatic rings. The van der Waals surface area contributed by atoms with E-state index in [9.17, 15) is 4.79 Å². The van der Waals surface area contributed by atoms with Gasteiger partial charge in [-0.1, -0.05) is 12.1 Å². The molecule has 0 radical (unpaired) electrons. The van der Waals surface area contributed by atoms with Gasteiger partial charge < -0.3 is 16.0 Å². The first kappa shape index (κ1) is 16.0. The number of amides is 1. The molecule has 5 nitrogen and oxygen atoms in total. The van der Waals surface area contributed by atoms with Crippen LogP contribution >= 0.6 is 11.3 Å². The number of carbonyl (C=O) groups excluding carboxylic acids is 1. The van der Waals surface area contributed by atoms with Gasteiger partial charge in [0.1, 0.15) is 5.82 Å². The second-order valence-electron chi connectivity index (χ2n) is 5.83. The number of pyridine rings is 1. The maximum absolute atomic E-state index is 11.3. The molecule has 0 bridgehead atoms. The zero-order valence-electron chi connectivity index (χ0n) is 13.1. The Bertz CT molecular complexity index is 636. The van der Waals surface area contributed by atoms with Crippen molar-refractivity contribution in [2.45, 2.75) is 25.9 Å². The van der Waals surface area contributed by atoms with Crippen LogP contribution in [0.5, 0.6) is 0 Å². The number of piperidine rings is 1. The maximum atomic E-state index is 11.3. The normalized spacial score (nSPS) is 15.7. The Morgan fingerprint density at radius 1 is 1.30 bits per heavy atom. The van der Waals surface area contributed by atoms with Crippen LogP contribution in [0.2, 0.25) is 0 Å². The lowest BCUT2D eigenvalue weighted by atomic mass is 9.96. The molecule has 3 N–H and O–H groups in total. The number of hydrogen-bond donors (Lipinski definition) is 2. The van der Waals surface area contributed by atoms with E-state index >= 15 is 0 Å². The van der Waals surface area contributed by atoms with E-state index in [1.807, 2.05) is 12.3 Å². The van der Waals surface area contributed by atoms with Crippen molar-refractivity contribution >= 4 is 23.1 Å². The Morgan fingerprint density at radius 2 is 2.13 bits per heavy atom. The van der Waals surface area contributed by atoms with E-state index in [4.69, 9.17) is 5.73 Å². The molecule has 0 saturated carbocycles. The van der Waals surface area contributed by atoms with Crippen molar-refractivity contribution < 1.29 is 4.79 Å². The van der Waals surface area contributed by atoms with Crippen LogP contribution in [0, 0.1) is 5.92 Å². The molecule has 1 aliphatic rings. The lowest BCUT2D eigenvalue weighted by molar-refractivity contribution is -0.122. The Balaban J connectivity index is 1.60. The number of thiophene rings is 1. The summed E-state index contributed by atoms with van der Waals surface area (Å²) in [5.41, 5.74) is 6.61. The first-order chi connectivity index (χ1) is 11.2. The van der Waals surface area contributed by atoms with Gasteiger partial charge in [-0.15, -0.1) is 11.3 Å². The summed E-state index contributed by atoms with van der Waals surface area (Å²) in [6, 6.07) is 8.29. The van der Waals surface area contributed by atoms with E-state index in [-0.39, 0.29) is 11.8 Å². The van der Waals surface area contributed by atoms with Gasteiger partial charge >= 0.3 is 0 Å². The van der Waals surface area contributed by atoms with E-state index in [0.717, 1.165) is 44.8 Å². The molecule has 23 heavy (non-hydrogen) atoms. The fourth-order valence-electron chi connectivity index (χ4n) is 2.96. The van der Waals surface area contributed by atoms with Crippen molar-refractivity contribution in [2.75, 3.05) is 18.0 Å². The molecule has 2 aromatic heterocycles. The fourth-order valence-corrected chi connectivity index (χ4v) is 3.64. The summed E-state index contributed by atoms with van der Waals surface area (Å²) in [6.45, 7) is 3.33. The monoisotopic (exact) mass is 330 g/mol. The second kappa shape index (κ2) is 7.57. The minimum absolute atomic E-state index is 0.00960. The summed E-state index contributed by atoms with van der Waals surface area (Å²) in [6.07, 6.45) is 3.46. The lowest BCUT2D eigenvalue weighted by Crippen LogP contribution is -2.39. The van der Waals surface area contributed by atoms with Crippen LogP contribution in [0.3, 0.4) is 0 Å². The van der Waals surface area contributed by atoms with Crippen LogP contribution in [0.15, 0.2) is 35.8 Å². The highest BCUT2D eigenvalue weighted by molar-refractivity contribution is 7.09. The van der Waals surface area contributed by atoms with Crippen LogP contribution in [-0.4, -0.2) is 24.0 Å². The number of carbonyl (C=O) groups is 1. The molecule has 122 valence electrons. The van der Waals surface area contributed by atoms with Crippen molar-refractivity contribution in [3.63, 3.8) is 0 Å². The Hall–Kier alpha value is -1.92. The number of nitrogens with zero attached hydrogens (tertiary/aromatic N) is 2. The molecule has 1 aliphatic heterocycles. The minimum atomic E-state index is -0.177. The largest absolute Gasteiger partial charge is 0.369 e. The number of anilines is 1. The van der Waals surface area contributed by atoms with Crippen molar-refractivity contribution in [2.24, 2.45) is 11.7 Å². The third kappa shape index (κ3) is 4.09. The average molecular weight is 330 g/mol. The van der Waals surface area contributed by atoms with Crippen LogP contribution in [0.25, 0.3) is 0 Å². The molecular weight excluding hydrogens is 308 g/mol. The van der Waals surface area contributed by atoms with Crippen molar-refractivity contribution in [3.8, 4) is 0 Å². The van der Waals surface area contributed by atoms with Crippen molar-refractivity contribution in [1.29, 1.82) is 0 Å². The number of primary amides is 1. The van der Waals surface area contributed by atoms with Crippen LogP contribution in [0.1, 0.15) is 23.3 Å². The van der Waals surface area contributed by atoms with E-state index in [0.29, 0.717) is 0 Å². The highest BCUT2D eigenvalue weighted by atomic mass is 32.1. The van der Waals surface area contributed by atoms with Gasteiger partial charge in [-0.05, 0) is 30.4 Å². The zero-order valence-corrected chi connectivity index (χ0v) is 13.9. The van der Waals surface area contributed by atoms with Gasteiger partial charge in [-0.25, -0.2) is 4.98 Å². The van der Waals surface area contributed by atoms with E-state index in [1.54, 1.807) is 11.3 Å². The van der Waals surface area contributed by atoms with Gasteiger partial charge in [-0.3, -0.25) is 4.79 Å². The molecule has 0 aliphatic carbocycles. The summed E-state index contributed by atoms with van der Waals surface area (Å²) in [7, 11) is 0. The number of nitrogens with one attached hydrogen (secondary N) is 1. The van der Waals surface area contributed by atoms with Gasteiger partial charge in [0.2, 0.25) is 5.91 Å². The van der Waals surface area contributed by atoms with Crippen LogP contribution in [0.4, 0.5) is 5.82 Å². The highest BCUT2D eigenvalue weighted by Gasteiger charge is 2.24. The fraction of sp³-hybridized carbons (Fsp3) is 0.412. The molecule has 0 aromatic carbocycles. The predicted octanol–water partition coefficient (Wildman–Crippen LogP) is 2.13. The molecule has 0 unspecified atom stereocenters. The topological polar surface area (TPSA) is 71.2 Å². The zero-order chi connectivity index (χ0) is 16.1. The van der Waals surface area contributed by atoms with E-state index < -0.39 is 0 Å². The molecular formula is C17H22N4OS. The molecule has 0 atom stereocenters. The van der Waals surface area contributed by atoms with Gasteiger partial charge in [0.05, 0.1) is 0 Å². The van der Waals surface area contributed by atoms with Gasteiger partial charge in [-0.2, -0.15) is 0 Å². The molecule has 3 heterocycles. The molecule has 3 rings (SSSR count). The Labute approximate surface area is 140 Å². The summed E-state index contributed by atoms with van der Waals surface area (Å²) >= 11 is 1.76.